The van der Waals surface area contributed by atoms with Gasteiger partial charge in [0.05, 0.1) is 11.7 Å². The van der Waals surface area contributed by atoms with E-state index in [1.165, 1.54) is 18.5 Å². The highest BCUT2D eigenvalue weighted by Gasteiger charge is 2.30. The minimum absolute atomic E-state index is 0.0186. The molecule has 1 unspecified atom stereocenters. The molecule has 1 fully saturated rings. The van der Waals surface area contributed by atoms with Crippen molar-refractivity contribution in [2.45, 2.75) is 38.7 Å². The van der Waals surface area contributed by atoms with Crippen molar-refractivity contribution < 1.29 is 13.2 Å². The number of rotatable bonds is 3. The molecule has 1 aliphatic heterocycles. The van der Waals surface area contributed by atoms with E-state index in [0.717, 1.165) is 25.3 Å². The van der Waals surface area contributed by atoms with E-state index in [1.54, 1.807) is 19.1 Å². The SMILES string of the molecule is Cc1ncnc(N2CCCC2c2ccc(C(C)(F)F)cc2)c1F. The molecule has 0 N–H and O–H groups in total. The molecule has 0 spiro atoms. The summed E-state index contributed by atoms with van der Waals surface area (Å²) >= 11 is 0. The second kappa shape index (κ2) is 5.83. The monoisotopic (exact) mass is 321 g/mol. The van der Waals surface area contributed by atoms with Crippen LogP contribution >= 0.6 is 0 Å². The number of benzene rings is 1. The maximum atomic E-state index is 14.3. The van der Waals surface area contributed by atoms with Gasteiger partial charge in [-0.15, -0.1) is 0 Å². The van der Waals surface area contributed by atoms with Crippen molar-refractivity contribution in [3.05, 3.63) is 53.2 Å². The number of halogens is 3. The van der Waals surface area contributed by atoms with Crippen molar-refractivity contribution in [3.8, 4) is 0 Å². The number of hydrogen-bond donors (Lipinski definition) is 0. The zero-order valence-corrected chi connectivity index (χ0v) is 13.1. The standard InChI is InChI=1S/C17H18F3N3/c1-11-15(18)16(22-10-21-11)23-9-3-4-14(23)12-5-7-13(8-6-12)17(2,19)20/h5-8,10,14H,3-4,9H2,1-2H3. The van der Waals surface area contributed by atoms with Crippen molar-refractivity contribution in [2.75, 3.05) is 11.4 Å². The fraction of sp³-hybridized carbons (Fsp3) is 0.412. The Hall–Kier alpha value is -2.11. The largest absolute Gasteiger partial charge is 0.347 e. The first-order valence-electron chi connectivity index (χ1n) is 7.60. The van der Waals surface area contributed by atoms with E-state index < -0.39 is 11.7 Å². The Kier molecular flexibility index (Phi) is 4.00. The Morgan fingerprint density at radius 3 is 2.52 bits per heavy atom. The molecular formula is C17H18F3N3. The molecule has 0 saturated carbocycles. The first kappa shape index (κ1) is 15.8. The highest BCUT2D eigenvalue weighted by molar-refractivity contribution is 5.46. The Morgan fingerprint density at radius 2 is 1.87 bits per heavy atom. The van der Waals surface area contributed by atoms with Crippen LogP contribution in [-0.4, -0.2) is 16.5 Å². The van der Waals surface area contributed by atoms with Gasteiger partial charge in [0, 0.05) is 19.0 Å². The van der Waals surface area contributed by atoms with Gasteiger partial charge in [0.15, 0.2) is 11.6 Å². The van der Waals surface area contributed by atoms with Crippen LogP contribution in [0.25, 0.3) is 0 Å². The van der Waals surface area contributed by atoms with Crippen LogP contribution in [0.2, 0.25) is 0 Å². The van der Waals surface area contributed by atoms with Gasteiger partial charge in [0.2, 0.25) is 0 Å². The van der Waals surface area contributed by atoms with E-state index in [1.807, 2.05) is 4.90 Å². The summed E-state index contributed by atoms with van der Waals surface area (Å²) in [6.07, 6.45) is 3.09. The molecule has 2 aromatic rings. The smallest absolute Gasteiger partial charge is 0.270 e. The van der Waals surface area contributed by atoms with E-state index in [0.29, 0.717) is 12.2 Å². The van der Waals surface area contributed by atoms with Crippen LogP contribution in [0.3, 0.4) is 0 Å². The summed E-state index contributed by atoms with van der Waals surface area (Å²) in [4.78, 5) is 9.82. The van der Waals surface area contributed by atoms with Gasteiger partial charge in [-0.2, -0.15) is 0 Å². The summed E-state index contributed by atoms with van der Waals surface area (Å²) in [5, 5.41) is 0. The van der Waals surface area contributed by atoms with Gasteiger partial charge in [-0.25, -0.2) is 23.1 Å². The van der Waals surface area contributed by atoms with E-state index in [4.69, 9.17) is 0 Å². The lowest BCUT2D eigenvalue weighted by Gasteiger charge is -2.27. The predicted molar refractivity (Wildman–Crippen MR) is 82.1 cm³/mol. The van der Waals surface area contributed by atoms with Crippen LogP contribution in [0, 0.1) is 12.7 Å². The van der Waals surface area contributed by atoms with Crippen LogP contribution in [0.4, 0.5) is 19.0 Å². The summed E-state index contributed by atoms with van der Waals surface area (Å²) in [6.45, 7) is 3.16. The Labute approximate surface area is 133 Å². The molecule has 1 aromatic heterocycles. The Bertz CT molecular complexity index is 695. The Balaban J connectivity index is 1.91. The molecule has 2 heterocycles. The van der Waals surface area contributed by atoms with Gasteiger partial charge in [-0.05, 0) is 25.3 Å². The third-order valence-electron chi connectivity index (χ3n) is 4.27. The third-order valence-corrected chi connectivity index (χ3v) is 4.27. The fourth-order valence-corrected chi connectivity index (χ4v) is 3.01. The summed E-state index contributed by atoms with van der Waals surface area (Å²) in [6, 6.07) is 6.21. The van der Waals surface area contributed by atoms with Gasteiger partial charge in [-0.1, -0.05) is 24.3 Å². The lowest BCUT2D eigenvalue weighted by atomic mass is 10.0. The van der Waals surface area contributed by atoms with Crippen LogP contribution < -0.4 is 4.90 Å². The lowest BCUT2D eigenvalue weighted by Crippen LogP contribution is -2.25. The van der Waals surface area contributed by atoms with Gasteiger partial charge in [0.1, 0.15) is 6.33 Å². The van der Waals surface area contributed by atoms with Crippen molar-refractivity contribution in [1.29, 1.82) is 0 Å². The predicted octanol–water partition coefficient (Wildman–Crippen LogP) is 4.38. The fourth-order valence-electron chi connectivity index (χ4n) is 3.01. The van der Waals surface area contributed by atoms with Crippen LogP contribution in [-0.2, 0) is 5.92 Å². The normalized spacial score (nSPS) is 18.5. The lowest BCUT2D eigenvalue weighted by molar-refractivity contribution is 0.0174. The average molecular weight is 321 g/mol. The first-order chi connectivity index (χ1) is 10.9. The van der Waals surface area contributed by atoms with Gasteiger partial charge in [0.25, 0.3) is 5.92 Å². The highest BCUT2D eigenvalue weighted by Crippen LogP contribution is 2.37. The van der Waals surface area contributed by atoms with Crippen LogP contribution in [0.15, 0.2) is 30.6 Å². The van der Waals surface area contributed by atoms with Crippen molar-refractivity contribution >= 4 is 5.82 Å². The molecule has 1 aliphatic rings. The highest BCUT2D eigenvalue weighted by atomic mass is 19.3. The van der Waals surface area contributed by atoms with E-state index >= 15 is 0 Å². The molecule has 3 nitrogen and oxygen atoms in total. The van der Waals surface area contributed by atoms with E-state index in [-0.39, 0.29) is 17.4 Å². The molecule has 0 aliphatic carbocycles. The minimum Gasteiger partial charge on any atom is -0.347 e. The molecule has 0 radical (unpaired) electrons. The second-order valence-electron chi connectivity index (χ2n) is 5.96. The number of nitrogens with zero attached hydrogens (tertiary/aromatic N) is 3. The maximum Gasteiger partial charge on any atom is 0.270 e. The van der Waals surface area contributed by atoms with E-state index in [9.17, 15) is 13.2 Å². The molecule has 6 heteroatoms. The van der Waals surface area contributed by atoms with Crippen molar-refractivity contribution in [2.24, 2.45) is 0 Å². The topological polar surface area (TPSA) is 29.0 Å². The summed E-state index contributed by atoms with van der Waals surface area (Å²) in [7, 11) is 0. The molecule has 1 aromatic carbocycles. The number of hydrogen-bond acceptors (Lipinski definition) is 3. The molecule has 0 bridgehead atoms. The molecule has 0 amide bonds. The number of alkyl halides is 2. The average Bonchev–Trinajstić information content (AvgIpc) is 2.98. The molecule has 23 heavy (non-hydrogen) atoms. The zero-order chi connectivity index (χ0) is 16.6. The van der Waals surface area contributed by atoms with Crippen LogP contribution in [0.1, 0.15) is 42.6 Å². The second-order valence-corrected chi connectivity index (χ2v) is 5.96. The summed E-state index contributed by atoms with van der Waals surface area (Å²) < 4.78 is 40.9. The quantitative estimate of drug-likeness (QED) is 0.840. The number of anilines is 1. The molecule has 3 rings (SSSR count). The van der Waals surface area contributed by atoms with Gasteiger partial charge < -0.3 is 4.90 Å². The Morgan fingerprint density at radius 1 is 1.17 bits per heavy atom. The van der Waals surface area contributed by atoms with Crippen molar-refractivity contribution in [3.63, 3.8) is 0 Å². The third kappa shape index (κ3) is 3.02. The number of aryl methyl sites for hydroxylation is 1. The van der Waals surface area contributed by atoms with E-state index in [2.05, 4.69) is 9.97 Å². The molecule has 1 atom stereocenters. The molecular weight excluding hydrogens is 303 g/mol. The summed E-state index contributed by atoms with van der Waals surface area (Å²) in [5.74, 6) is -3.00. The summed E-state index contributed by atoms with van der Waals surface area (Å²) in [5.41, 5.74) is 1.18. The molecule has 122 valence electrons. The van der Waals surface area contributed by atoms with Crippen LogP contribution in [0.5, 0.6) is 0 Å². The van der Waals surface area contributed by atoms with Gasteiger partial charge in [-0.3, -0.25) is 0 Å². The maximum absolute atomic E-state index is 14.3. The zero-order valence-electron chi connectivity index (χ0n) is 13.1. The molecule has 1 saturated heterocycles. The minimum atomic E-state index is -2.86. The van der Waals surface area contributed by atoms with Crippen molar-refractivity contribution in [1.82, 2.24) is 9.97 Å². The number of aromatic nitrogens is 2. The van der Waals surface area contributed by atoms with Gasteiger partial charge >= 0.3 is 0 Å². The first-order valence-corrected chi connectivity index (χ1v) is 7.60.